The largest absolute Gasteiger partial charge is 0.369 e. The van der Waals surface area contributed by atoms with Gasteiger partial charge in [-0.15, -0.1) is 0 Å². The van der Waals surface area contributed by atoms with Crippen LogP contribution in [0.2, 0.25) is 10.0 Å². The third kappa shape index (κ3) is 11.8. The van der Waals surface area contributed by atoms with Gasteiger partial charge in [0.25, 0.3) is 0 Å². The Bertz CT molecular complexity index is 983. The van der Waals surface area contributed by atoms with E-state index in [2.05, 4.69) is 15.3 Å². The molecular weight excluding hydrogens is 469 g/mol. The highest BCUT2D eigenvalue weighted by molar-refractivity contribution is 6.30. The number of unbranched alkanes of at least 4 members (excludes halogenated alkanes) is 4. The SMILES string of the molecule is N=C(CCCCCCCN=C(N)/N=C(\N)Nc1ccc(Cl)cc1)CC(=N)Cc1ccc(Cl)cc1. The first-order valence-corrected chi connectivity index (χ1v) is 12.1. The molecule has 0 saturated heterocycles. The van der Waals surface area contributed by atoms with Gasteiger partial charge < -0.3 is 27.6 Å². The molecule has 0 fully saturated rings. The van der Waals surface area contributed by atoms with Crippen molar-refractivity contribution in [3.63, 3.8) is 0 Å². The number of halogens is 2. The van der Waals surface area contributed by atoms with Crippen molar-refractivity contribution in [3.8, 4) is 0 Å². The number of aliphatic imine (C=N–C) groups is 2. The summed E-state index contributed by atoms with van der Waals surface area (Å²) in [6.07, 6.45) is 6.81. The highest BCUT2D eigenvalue weighted by Gasteiger charge is 2.05. The molecule has 0 aliphatic rings. The molecule has 0 unspecified atom stereocenters. The van der Waals surface area contributed by atoms with Crippen LogP contribution in [0.15, 0.2) is 58.5 Å². The van der Waals surface area contributed by atoms with Gasteiger partial charge >= 0.3 is 0 Å². The molecule has 2 aromatic carbocycles. The zero-order chi connectivity index (χ0) is 24.8. The van der Waals surface area contributed by atoms with Gasteiger partial charge in [0.05, 0.1) is 0 Å². The molecule has 34 heavy (non-hydrogen) atoms. The molecule has 0 aliphatic heterocycles. The van der Waals surface area contributed by atoms with E-state index in [9.17, 15) is 0 Å². The molecule has 7 N–H and O–H groups in total. The normalized spacial score (nSPS) is 11.9. The Balaban J connectivity index is 1.53. The number of hydrogen-bond donors (Lipinski definition) is 5. The van der Waals surface area contributed by atoms with Gasteiger partial charge in [0.1, 0.15) is 0 Å². The van der Waals surface area contributed by atoms with E-state index < -0.39 is 0 Å². The lowest BCUT2D eigenvalue weighted by Gasteiger charge is -2.07. The van der Waals surface area contributed by atoms with Gasteiger partial charge in [-0.05, 0) is 61.2 Å². The first kappa shape index (κ1) is 27.3. The molecule has 0 radical (unpaired) electrons. The number of anilines is 1. The smallest absolute Gasteiger partial charge is 0.218 e. The maximum atomic E-state index is 8.12. The summed E-state index contributed by atoms with van der Waals surface area (Å²) in [5.41, 5.74) is 14.7. The van der Waals surface area contributed by atoms with Gasteiger partial charge in [-0.1, -0.05) is 54.6 Å². The van der Waals surface area contributed by atoms with Crippen LogP contribution >= 0.6 is 23.2 Å². The number of nitrogens with one attached hydrogen (secondary N) is 3. The molecule has 7 nitrogen and oxygen atoms in total. The summed E-state index contributed by atoms with van der Waals surface area (Å²) in [6, 6.07) is 14.6. The van der Waals surface area contributed by atoms with Gasteiger partial charge in [-0.2, -0.15) is 4.99 Å². The highest BCUT2D eigenvalue weighted by Crippen LogP contribution is 2.13. The van der Waals surface area contributed by atoms with E-state index >= 15 is 0 Å². The molecule has 9 heteroatoms. The molecule has 182 valence electrons. The first-order valence-electron chi connectivity index (χ1n) is 11.4. The Kier molecular flexibility index (Phi) is 12.1. The second kappa shape index (κ2) is 15.1. The Morgan fingerprint density at radius 1 is 0.794 bits per heavy atom. The van der Waals surface area contributed by atoms with E-state index in [-0.39, 0.29) is 11.9 Å². The highest BCUT2D eigenvalue weighted by atomic mass is 35.5. The van der Waals surface area contributed by atoms with Crippen molar-refractivity contribution in [2.75, 3.05) is 11.9 Å². The van der Waals surface area contributed by atoms with E-state index in [0.29, 0.717) is 40.9 Å². The van der Waals surface area contributed by atoms with Crippen molar-refractivity contribution in [3.05, 3.63) is 64.1 Å². The van der Waals surface area contributed by atoms with Crippen LogP contribution in [0.25, 0.3) is 0 Å². The topological polar surface area (TPSA) is 136 Å². The van der Waals surface area contributed by atoms with Crippen LogP contribution in [0.5, 0.6) is 0 Å². The fraction of sp³-hybridized carbons (Fsp3) is 0.360. The van der Waals surface area contributed by atoms with Crippen LogP contribution in [0.1, 0.15) is 50.5 Å². The standard InChI is InChI=1S/C25H33Cl2N7/c26-19-9-7-18(8-10-19)16-22(29)17-21(28)6-4-2-1-3-5-15-32-24(30)34-25(31)33-23-13-11-20(27)12-14-23/h7-14,28-29H,1-6,15-17H2,(H5,30,31,32,33,34). The third-order valence-corrected chi connectivity index (χ3v) is 5.52. The van der Waals surface area contributed by atoms with E-state index in [0.717, 1.165) is 49.8 Å². The minimum absolute atomic E-state index is 0.147. The quantitative estimate of drug-likeness (QED) is 0.130. The van der Waals surface area contributed by atoms with E-state index in [1.54, 1.807) is 24.3 Å². The average molecular weight is 502 g/mol. The number of rotatable bonds is 13. The lowest BCUT2D eigenvalue weighted by Crippen LogP contribution is -2.26. The predicted octanol–water partition coefficient (Wildman–Crippen LogP) is 6.05. The summed E-state index contributed by atoms with van der Waals surface area (Å²) in [7, 11) is 0. The van der Waals surface area contributed by atoms with Gasteiger partial charge in [0, 0.05) is 46.5 Å². The molecule has 2 aromatic rings. The van der Waals surface area contributed by atoms with Gasteiger partial charge in [-0.25, -0.2) is 0 Å². The fourth-order valence-corrected chi connectivity index (χ4v) is 3.55. The molecule has 0 amide bonds. The first-order chi connectivity index (χ1) is 16.3. The van der Waals surface area contributed by atoms with Crippen LogP contribution < -0.4 is 16.8 Å². The van der Waals surface area contributed by atoms with Crippen LogP contribution in [-0.4, -0.2) is 29.9 Å². The van der Waals surface area contributed by atoms with Crippen molar-refractivity contribution in [1.29, 1.82) is 10.8 Å². The Morgan fingerprint density at radius 3 is 2.06 bits per heavy atom. The number of nitrogens with two attached hydrogens (primary N) is 2. The summed E-state index contributed by atoms with van der Waals surface area (Å²) >= 11 is 11.7. The van der Waals surface area contributed by atoms with Crippen molar-refractivity contribution in [2.45, 2.75) is 51.4 Å². The summed E-state index contributed by atoms with van der Waals surface area (Å²) in [5, 5.41) is 20.5. The van der Waals surface area contributed by atoms with Crippen LogP contribution in [0.3, 0.4) is 0 Å². The number of benzene rings is 2. The molecule has 0 bridgehead atoms. The van der Waals surface area contributed by atoms with Gasteiger partial charge in [0.15, 0.2) is 0 Å². The van der Waals surface area contributed by atoms with E-state index in [4.69, 9.17) is 45.5 Å². The maximum absolute atomic E-state index is 8.12. The molecule has 0 aliphatic carbocycles. The molecule has 0 aromatic heterocycles. The lowest BCUT2D eigenvalue weighted by molar-refractivity contribution is 0.626. The van der Waals surface area contributed by atoms with Crippen LogP contribution in [0, 0.1) is 10.8 Å². The molecule has 0 atom stereocenters. The van der Waals surface area contributed by atoms with Crippen molar-refractivity contribution in [2.24, 2.45) is 21.5 Å². The lowest BCUT2D eigenvalue weighted by atomic mass is 10.0. The average Bonchev–Trinajstić information content (AvgIpc) is 2.78. The van der Waals surface area contributed by atoms with Crippen LogP contribution in [0.4, 0.5) is 5.69 Å². The van der Waals surface area contributed by atoms with Gasteiger partial charge in [-0.3, -0.25) is 4.99 Å². The van der Waals surface area contributed by atoms with Crippen LogP contribution in [-0.2, 0) is 6.42 Å². The minimum Gasteiger partial charge on any atom is -0.369 e. The monoisotopic (exact) mass is 501 g/mol. The molecule has 0 saturated carbocycles. The molecular formula is C25H33Cl2N7. The number of nitrogens with zero attached hydrogens (tertiary/aromatic N) is 2. The second-order valence-electron chi connectivity index (χ2n) is 8.07. The van der Waals surface area contributed by atoms with E-state index in [1.165, 1.54) is 0 Å². The molecule has 2 rings (SSSR count). The number of guanidine groups is 2. The van der Waals surface area contributed by atoms with Crippen molar-refractivity contribution in [1.82, 2.24) is 0 Å². The maximum Gasteiger partial charge on any atom is 0.218 e. The zero-order valence-corrected chi connectivity index (χ0v) is 20.8. The third-order valence-electron chi connectivity index (χ3n) is 5.02. The molecule has 0 spiro atoms. The Morgan fingerprint density at radius 2 is 1.38 bits per heavy atom. The Hall–Kier alpha value is -2.90. The summed E-state index contributed by atoms with van der Waals surface area (Å²) in [6.45, 7) is 0.598. The summed E-state index contributed by atoms with van der Waals surface area (Å²) in [4.78, 5) is 8.28. The van der Waals surface area contributed by atoms with E-state index in [1.807, 2.05) is 24.3 Å². The van der Waals surface area contributed by atoms with Gasteiger partial charge in [0.2, 0.25) is 11.9 Å². The van der Waals surface area contributed by atoms with Crippen molar-refractivity contribution < 1.29 is 0 Å². The summed E-state index contributed by atoms with van der Waals surface area (Å²) in [5.74, 6) is 0.320. The second-order valence-corrected chi connectivity index (χ2v) is 8.95. The van der Waals surface area contributed by atoms with Crippen molar-refractivity contribution >= 4 is 52.2 Å². The predicted molar refractivity (Wildman–Crippen MR) is 146 cm³/mol. The molecule has 0 heterocycles. The fourth-order valence-electron chi connectivity index (χ4n) is 3.30. The zero-order valence-electron chi connectivity index (χ0n) is 19.3. The number of hydrogen-bond acceptors (Lipinski definition) is 3. The summed E-state index contributed by atoms with van der Waals surface area (Å²) < 4.78 is 0. The minimum atomic E-state index is 0.147. The Labute approximate surface area is 211 Å².